The minimum Gasteiger partial charge on any atom is -0.481 e. The van der Waals surface area contributed by atoms with E-state index in [1.807, 2.05) is 69.3 Å². The molecule has 5 atom stereocenters. The van der Waals surface area contributed by atoms with Crippen molar-refractivity contribution < 1.29 is 29.4 Å². The first-order valence-electron chi connectivity index (χ1n) is 15.8. The lowest BCUT2D eigenvalue weighted by molar-refractivity contribution is -0.144. The van der Waals surface area contributed by atoms with Crippen molar-refractivity contribution in [1.82, 2.24) is 25.4 Å². The van der Waals surface area contributed by atoms with Gasteiger partial charge >= 0.3 is 5.97 Å². The van der Waals surface area contributed by atoms with E-state index in [9.17, 15) is 24.3 Å². The third-order valence-electron chi connectivity index (χ3n) is 8.80. The zero-order valence-electron chi connectivity index (χ0n) is 26.9. The highest BCUT2D eigenvalue weighted by Crippen LogP contribution is 2.30. The van der Waals surface area contributed by atoms with Crippen molar-refractivity contribution in [3.05, 3.63) is 41.0 Å². The van der Waals surface area contributed by atoms with Crippen molar-refractivity contribution >= 4 is 35.0 Å². The number of nitrogens with one attached hydrogen (secondary N) is 2. The quantitative estimate of drug-likeness (QED) is 0.292. The average molecular weight is 642 g/mol. The maximum Gasteiger partial charge on any atom is 0.303 e. The molecule has 2 fully saturated rings. The van der Waals surface area contributed by atoms with Crippen molar-refractivity contribution in [3.63, 3.8) is 0 Å². The number of piperidine rings is 1. The van der Waals surface area contributed by atoms with E-state index in [1.54, 1.807) is 11.3 Å². The molecule has 0 radical (unpaired) electrons. The van der Waals surface area contributed by atoms with Crippen LogP contribution in [0.2, 0.25) is 0 Å². The molecule has 4 rings (SSSR count). The first kappa shape index (κ1) is 34.5. The topological polar surface area (TPSA) is 152 Å². The number of carboxylic acid groups (broad SMARTS) is 1. The lowest BCUT2D eigenvalue weighted by atomic mass is 9.85. The molecule has 11 nitrogen and oxygen atoms in total. The number of carboxylic acids is 1. The van der Waals surface area contributed by atoms with Crippen LogP contribution in [-0.2, 0) is 19.2 Å². The van der Waals surface area contributed by atoms with Crippen molar-refractivity contribution in [1.29, 1.82) is 0 Å². The number of hydrogen-bond acceptors (Lipinski definition) is 8. The third-order valence-corrected chi connectivity index (χ3v) is 9.77. The normalized spacial score (nSPS) is 22.1. The second-order valence-electron chi connectivity index (χ2n) is 13.6. The van der Waals surface area contributed by atoms with Crippen molar-refractivity contribution in [2.24, 2.45) is 11.3 Å². The Balaban J connectivity index is 1.39. The number of carbonyl (C=O) groups is 4. The number of aliphatic hydroxyl groups excluding tert-OH is 1. The highest BCUT2D eigenvalue weighted by atomic mass is 32.1. The van der Waals surface area contributed by atoms with E-state index < -0.39 is 35.5 Å². The molecule has 0 bridgehead atoms. The van der Waals surface area contributed by atoms with Crippen LogP contribution in [0.3, 0.4) is 0 Å². The van der Waals surface area contributed by atoms with Gasteiger partial charge < -0.3 is 25.7 Å². The van der Waals surface area contributed by atoms with Gasteiger partial charge in [-0.15, -0.1) is 11.3 Å². The smallest absolute Gasteiger partial charge is 0.303 e. The van der Waals surface area contributed by atoms with E-state index in [0.29, 0.717) is 13.0 Å². The van der Waals surface area contributed by atoms with Crippen molar-refractivity contribution in [2.75, 3.05) is 26.2 Å². The molecule has 1 unspecified atom stereocenters. The maximum absolute atomic E-state index is 14.0. The highest BCUT2D eigenvalue weighted by Gasteiger charge is 2.44. The predicted octanol–water partition coefficient (Wildman–Crippen LogP) is 3.37. The van der Waals surface area contributed by atoms with Crippen molar-refractivity contribution in [3.8, 4) is 10.4 Å². The van der Waals surface area contributed by atoms with E-state index in [0.717, 1.165) is 41.1 Å². The molecule has 2 aliphatic rings. The molecule has 246 valence electrons. The molecule has 1 aromatic carbocycles. The molecule has 1 aromatic heterocycles. The minimum absolute atomic E-state index is 0.00797. The maximum atomic E-state index is 14.0. The average Bonchev–Trinajstić information content (AvgIpc) is 3.59. The number of nitrogens with zero attached hydrogens (tertiary/aromatic N) is 3. The summed E-state index contributed by atoms with van der Waals surface area (Å²) < 4.78 is 0. The summed E-state index contributed by atoms with van der Waals surface area (Å²) in [5.41, 5.74) is 4.10. The molecule has 0 aliphatic carbocycles. The lowest BCUT2D eigenvalue weighted by Crippen LogP contribution is -2.59. The van der Waals surface area contributed by atoms with E-state index in [-0.39, 0.29) is 49.7 Å². The molecule has 3 heterocycles. The van der Waals surface area contributed by atoms with E-state index >= 15 is 0 Å². The second-order valence-corrected chi connectivity index (χ2v) is 14.4. The molecular formula is C33H47N5O6S. The number of aliphatic hydroxyl groups is 1. The molecule has 0 saturated carbocycles. The summed E-state index contributed by atoms with van der Waals surface area (Å²) in [7, 11) is 0. The number of aliphatic carboxylic acids is 1. The number of thiazole rings is 1. The Bertz CT molecular complexity index is 1360. The Hall–Kier alpha value is -3.35. The Morgan fingerprint density at radius 2 is 1.82 bits per heavy atom. The fourth-order valence-corrected chi connectivity index (χ4v) is 7.09. The first-order valence-corrected chi connectivity index (χ1v) is 16.6. The van der Waals surface area contributed by atoms with Crippen LogP contribution in [0.4, 0.5) is 0 Å². The molecule has 3 amide bonds. The van der Waals surface area contributed by atoms with Gasteiger partial charge in [-0.05, 0) is 62.1 Å². The Morgan fingerprint density at radius 3 is 2.44 bits per heavy atom. The zero-order chi connectivity index (χ0) is 32.9. The molecule has 2 aromatic rings. The molecular weight excluding hydrogens is 594 g/mol. The largest absolute Gasteiger partial charge is 0.481 e. The summed E-state index contributed by atoms with van der Waals surface area (Å²) in [5, 5.41) is 25.5. The SMILES string of the molecule is Cc1ncsc1-c1ccc([C@H](C)NC(=O)[C@@H]2C[C@@H](O)CN2C(=O)[C@@H](NC(=O)CN2CCCC(CCC(=O)O)C2)C(C)(C)C)cc1. The van der Waals surface area contributed by atoms with Gasteiger partial charge in [0, 0.05) is 25.9 Å². The van der Waals surface area contributed by atoms with Gasteiger partial charge in [-0.25, -0.2) is 4.98 Å². The molecule has 2 aliphatic heterocycles. The minimum atomic E-state index is -0.904. The fraction of sp³-hybridized carbons (Fsp3) is 0.606. The summed E-state index contributed by atoms with van der Waals surface area (Å²) in [6.07, 6.45) is 1.77. The Morgan fingerprint density at radius 1 is 1.11 bits per heavy atom. The number of β-amino-alcohol motifs (C(OH)–C–C–N with tert-alkyl or cyclic N) is 1. The van der Waals surface area contributed by atoms with Crippen LogP contribution in [-0.4, -0.2) is 93.1 Å². The van der Waals surface area contributed by atoms with Crippen LogP contribution < -0.4 is 10.6 Å². The summed E-state index contributed by atoms with van der Waals surface area (Å²) in [4.78, 5) is 60.5. The summed E-state index contributed by atoms with van der Waals surface area (Å²) in [5.74, 6) is -1.65. The molecule has 4 N–H and O–H groups in total. The number of aryl methyl sites for hydroxylation is 1. The van der Waals surface area contributed by atoms with E-state index in [4.69, 9.17) is 5.11 Å². The highest BCUT2D eigenvalue weighted by molar-refractivity contribution is 7.13. The van der Waals surface area contributed by atoms with Crippen LogP contribution in [0, 0.1) is 18.3 Å². The van der Waals surface area contributed by atoms with Crippen LogP contribution in [0.15, 0.2) is 29.8 Å². The summed E-state index contributed by atoms with van der Waals surface area (Å²) >= 11 is 1.58. The van der Waals surface area contributed by atoms with Gasteiger partial charge in [-0.3, -0.25) is 24.1 Å². The number of benzene rings is 1. The van der Waals surface area contributed by atoms with Gasteiger partial charge in [0.15, 0.2) is 0 Å². The molecule has 0 spiro atoms. The van der Waals surface area contributed by atoms with Crippen LogP contribution in [0.1, 0.15) is 77.1 Å². The Kier molecular flexibility index (Phi) is 11.4. The summed E-state index contributed by atoms with van der Waals surface area (Å²) in [6.45, 7) is 10.9. The van der Waals surface area contributed by atoms with Gasteiger partial charge in [-0.2, -0.15) is 0 Å². The number of aromatic nitrogens is 1. The molecule has 12 heteroatoms. The summed E-state index contributed by atoms with van der Waals surface area (Å²) in [6, 6.07) is 5.84. The third kappa shape index (κ3) is 9.11. The number of hydrogen-bond donors (Lipinski definition) is 4. The van der Waals surface area contributed by atoms with Crippen LogP contribution >= 0.6 is 11.3 Å². The van der Waals surface area contributed by atoms with Crippen LogP contribution in [0.5, 0.6) is 0 Å². The second kappa shape index (κ2) is 14.8. The van der Waals surface area contributed by atoms with Crippen LogP contribution in [0.25, 0.3) is 10.4 Å². The van der Waals surface area contributed by atoms with Gasteiger partial charge in [0.25, 0.3) is 0 Å². The van der Waals surface area contributed by atoms with E-state index in [1.165, 1.54) is 4.90 Å². The number of amides is 3. The van der Waals surface area contributed by atoms with Gasteiger partial charge in [0.2, 0.25) is 17.7 Å². The van der Waals surface area contributed by atoms with Gasteiger partial charge in [-0.1, -0.05) is 45.0 Å². The van der Waals surface area contributed by atoms with Gasteiger partial charge in [0.1, 0.15) is 12.1 Å². The lowest BCUT2D eigenvalue weighted by Gasteiger charge is -2.37. The number of carbonyl (C=O) groups excluding carboxylic acids is 3. The molecule has 2 saturated heterocycles. The first-order chi connectivity index (χ1) is 21.2. The Labute approximate surface area is 269 Å². The monoisotopic (exact) mass is 641 g/mol. The van der Waals surface area contributed by atoms with Gasteiger partial charge in [0.05, 0.1) is 34.8 Å². The standard InChI is InChI=1S/C33H47N5O6S/c1-20(23-9-11-24(12-10-23)29-21(2)34-19-45-29)35-31(43)26-15-25(39)17-38(26)32(44)30(33(3,4)5)36-27(40)18-37-14-6-7-22(16-37)8-13-28(41)42/h9-12,19-20,22,25-26,30,39H,6-8,13-18H2,1-5H3,(H,35,43)(H,36,40)(H,41,42)/t20-,22?,25+,26-,30+/m0/s1. The number of likely N-dealkylation sites (tertiary alicyclic amines) is 2. The zero-order valence-corrected chi connectivity index (χ0v) is 27.7. The molecule has 45 heavy (non-hydrogen) atoms. The predicted molar refractivity (Wildman–Crippen MR) is 172 cm³/mol. The van der Waals surface area contributed by atoms with E-state index in [2.05, 4.69) is 15.6 Å². The van der Waals surface area contributed by atoms with Crippen molar-refractivity contribution in [2.45, 2.75) is 91.0 Å². The fourth-order valence-electron chi connectivity index (χ4n) is 6.28. The number of rotatable bonds is 11.